The number of fused-ring (bicyclic) bond motifs is 1. The van der Waals surface area contributed by atoms with Gasteiger partial charge in [-0.3, -0.25) is 9.78 Å². The SMILES string of the molecule is COc1ccc([C@@H]2C[C@H]2NC(=O)c2nnn(-c3cccc4cnccc34)c2C)cc1. The molecule has 2 aromatic carbocycles. The average molecular weight is 399 g/mol. The first-order valence-corrected chi connectivity index (χ1v) is 9.86. The molecular weight excluding hydrogens is 378 g/mol. The fraction of sp³-hybridized carbons (Fsp3) is 0.217. The molecule has 5 rings (SSSR count). The Hall–Kier alpha value is -3.74. The van der Waals surface area contributed by atoms with Crippen molar-refractivity contribution in [2.24, 2.45) is 0 Å². The summed E-state index contributed by atoms with van der Waals surface area (Å²) >= 11 is 0. The molecule has 0 spiro atoms. The zero-order valence-electron chi connectivity index (χ0n) is 16.7. The van der Waals surface area contributed by atoms with E-state index in [9.17, 15) is 4.79 Å². The zero-order valence-corrected chi connectivity index (χ0v) is 16.7. The summed E-state index contributed by atoms with van der Waals surface area (Å²) in [5.74, 6) is 0.957. The van der Waals surface area contributed by atoms with Crippen molar-refractivity contribution in [2.45, 2.75) is 25.3 Å². The van der Waals surface area contributed by atoms with Crippen molar-refractivity contribution in [1.29, 1.82) is 0 Å². The molecule has 2 aromatic heterocycles. The molecular formula is C23H21N5O2. The van der Waals surface area contributed by atoms with Gasteiger partial charge in [0.05, 0.1) is 18.5 Å². The first-order valence-electron chi connectivity index (χ1n) is 9.86. The number of carbonyl (C=O) groups excluding carboxylic acids is 1. The molecule has 1 fully saturated rings. The van der Waals surface area contributed by atoms with Crippen LogP contribution >= 0.6 is 0 Å². The second-order valence-corrected chi connectivity index (χ2v) is 7.50. The fourth-order valence-corrected chi connectivity index (χ4v) is 3.87. The lowest BCUT2D eigenvalue weighted by Gasteiger charge is -2.08. The minimum atomic E-state index is -0.193. The second kappa shape index (κ2) is 7.26. The molecule has 0 unspecified atom stereocenters. The van der Waals surface area contributed by atoms with Crippen molar-refractivity contribution in [3.05, 3.63) is 77.9 Å². The maximum absolute atomic E-state index is 12.8. The Bertz CT molecular complexity index is 1230. The maximum atomic E-state index is 12.8. The Kier molecular flexibility index (Phi) is 4.43. The van der Waals surface area contributed by atoms with Crippen molar-refractivity contribution >= 4 is 16.7 Å². The lowest BCUT2D eigenvalue weighted by molar-refractivity contribution is 0.0944. The van der Waals surface area contributed by atoms with E-state index in [2.05, 4.69) is 20.6 Å². The highest BCUT2D eigenvalue weighted by molar-refractivity contribution is 5.94. The van der Waals surface area contributed by atoms with Crippen molar-refractivity contribution in [3.8, 4) is 11.4 Å². The number of methoxy groups -OCH3 is 1. The third kappa shape index (κ3) is 3.18. The smallest absolute Gasteiger partial charge is 0.274 e. The highest BCUT2D eigenvalue weighted by Crippen LogP contribution is 2.41. The van der Waals surface area contributed by atoms with Crippen LogP contribution < -0.4 is 10.1 Å². The molecule has 1 aliphatic rings. The molecule has 2 heterocycles. The van der Waals surface area contributed by atoms with Crippen molar-refractivity contribution in [1.82, 2.24) is 25.3 Å². The number of carbonyl (C=O) groups is 1. The third-order valence-electron chi connectivity index (χ3n) is 5.65. The number of rotatable bonds is 5. The van der Waals surface area contributed by atoms with Gasteiger partial charge in [0.15, 0.2) is 5.69 Å². The molecule has 0 radical (unpaired) electrons. The number of nitrogens with zero attached hydrogens (tertiary/aromatic N) is 4. The van der Waals surface area contributed by atoms with Crippen LogP contribution in [0.1, 0.15) is 34.1 Å². The highest BCUT2D eigenvalue weighted by Gasteiger charge is 2.40. The van der Waals surface area contributed by atoms with Gasteiger partial charge in [0.25, 0.3) is 5.91 Å². The summed E-state index contributed by atoms with van der Waals surface area (Å²) in [5, 5.41) is 13.5. The Morgan fingerprint density at radius 3 is 2.80 bits per heavy atom. The number of amides is 1. The van der Waals surface area contributed by atoms with E-state index in [0.29, 0.717) is 17.3 Å². The Morgan fingerprint density at radius 2 is 2.00 bits per heavy atom. The molecule has 1 N–H and O–H groups in total. The largest absolute Gasteiger partial charge is 0.497 e. The van der Waals surface area contributed by atoms with Crippen molar-refractivity contribution < 1.29 is 9.53 Å². The minimum Gasteiger partial charge on any atom is -0.497 e. The first-order chi connectivity index (χ1) is 14.7. The van der Waals surface area contributed by atoms with E-state index in [1.165, 1.54) is 5.56 Å². The van der Waals surface area contributed by atoms with Gasteiger partial charge in [-0.15, -0.1) is 5.10 Å². The molecule has 0 bridgehead atoms. The van der Waals surface area contributed by atoms with Gasteiger partial charge in [-0.25, -0.2) is 4.68 Å². The van der Waals surface area contributed by atoms with E-state index in [0.717, 1.165) is 28.6 Å². The van der Waals surface area contributed by atoms with Crippen LogP contribution in [0.3, 0.4) is 0 Å². The molecule has 0 saturated heterocycles. The van der Waals surface area contributed by atoms with Crippen LogP contribution in [0.25, 0.3) is 16.5 Å². The zero-order chi connectivity index (χ0) is 20.7. The quantitative estimate of drug-likeness (QED) is 0.556. The van der Waals surface area contributed by atoms with Crippen molar-refractivity contribution in [2.75, 3.05) is 7.11 Å². The van der Waals surface area contributed by atoms with Gasteiger partial charge in [0.2, 0.25) is 0 Å². The summed E-state index contributed by atoms with van der Waals surface area (Å²) in [7, 11) is 1.65. The molecule has 7 heteroatoms. The Labute approximate surface area is 173 Å². The summed E-state index contributed by atoms with van der Waals surface area (Å²) in [6, 6.07) is 16.0. The van der Waals surface area contributed by atoms with Gasteiger partial charge in [0.1, 0.15) is 5.75 Å². The van der Waals surface area contributed by atoms with Crippen LogP contribution in [0.5, 0.6) is 5.75 Å². The molecule has 1 amide bonds. The standard InChI is InChI=1S/C23H21N5O2/c1-14-22(23(29)25-20-12-19(20)15-6-8-17(30-2)9-7-15)26-27-28(14)21-5-3-4-16-13-24-11-10-18(16)21/h3-11,13,19-20H,12H2,1-2H3,(H,25,29)/t19-,20+/m0/s1. The van der Waals surface area contributed by atoms with E-state index >= 15 is 0 Å². The molecule has 2 atom stereocenters. The van der Waals surface area contributed by atoms with Gasteiger partial charge in [-0.05, 0) is 43.2 Å². The van der Waals surface area contributed by atoms with Gasteiger partial charge < -0.3 is 10.1 Å². The van der Waals surface area contributed by atoms with E-state index in [4.69, 9.17) is 4.74 Å². The van der Waals surface area contributed by atoms with E-state index in [1.807, 2.05) is 61.7 Å². The number of hydrogen-bond acceptors (Lipinski definition) is 5. The maximum Gasteiger partial charge on any atom is 0.274 e. The Morgan fingerprint density at radius 1 is 1.17 bits per heavy atom. The average Bonchev–Trinajstić information content (AvgIpc) is 3.44. The summed E-state index contributed by atoms with van der Waals surface area (Å²) in [6.07, 6.45) is 4.48. The first kappa shape index (κ1) is 18.3. The monoisotopic (exact) mass is 399 g/mol. The topological polar surface area (TPSA) is 81.9 Å². The van der Waals surface area contributed by atoms with Gasteiger partial charge in [-0.1, -0.05) is 29.5 Å². The van der Waals surface area contributed by atoms with Gasteiger partial charge >= 0.3 is 0 Å². The number of nitrogens with one attached hydrogen (secondary N) is 1. The molecule has 4 aromatic rings. The highest BCUT2D eigenvalue weighted by atomic mass is 16.5. The number of pyridine rings is 1. The lowest BCUT2D eigenvalue weighted by atomic mass is 10.1. The number of aromatic nitrogens is 4. The van der Waals surface area contributed by atoms with Gasteiger partial charge in [-0.2, -0.15) is 0 Å². The van der Waals surface area contributed by atoms with Crippen LogP contribution in [-0.2, 0) is 0 Å². The van der Waals surface area contributed by atoms with E-state index in [-0.39, 0.29) is 11.9 Å². The molecule has 0 aliphatic heterocycles. The number of ether oxygens (including phenoxy) is 1. The lowest BCUT2D eigenvalue weighted by Crippen LogP contribution is -2.27. The van der Waals surface area contributed by atoms with E-state index in [1.54, 1.807) is 18.0 Å². The minimum absolute atomic E-state index is 0.110. The summed E-state index contributed by atoms with van der Waals surface area (Å²) < 4.78 is 6.92. The van der Waals surface area contributed by atoms with Crippen LogP contribution in [0.2, 0.25) is 0 Å². The molecule has 1 saturated carbocycles. The van der Waals surface area contributed by atoms with Gasteiger partial charge in [0, 0.05) is 35.1 Å². The molecule has 1 aliphatic carbocycles. The van der Waals surface area contributed by atoms with Crippen LogP contribution in [0, 0.1) is 6.92 Å². The van der Waals surface area contributed by atoms with Crippen molar-refractivity contribution in [3.63, 3.8) is 0 Å². The van der Waals surface area contributed by atoms with Crippen LogP contribution in [0.15, 0.2) is 60.9 Å². The van der Waals surface area contributed by atoms with Crippen LogP contribution in [-0.4, -0.2) is 39.0 Å². The third-order valence-corrected chi connectivity index (χ3v) is 5.65. The molecule has 30 heavy (non-hydrogen) atoms. The second-order valence-electron chi connectivity index (χ2n) is 7.50. The predicted octanol–water partition coefficient (Wildman–Crippen LogP) is 3.42. The summed E-state index contributed by atoms with van der Waals surface area (Å²) in [5.41, 5.74) is 3.13. The summed E-state index contributed by atoms with van der Waals surface area (Å²) in [6.45, 7) is 1.86. The van der Waals surface area contributed by atoms with Crippen LogP contribution in [0.4, 0.5) is 0 Å². The fourth-order valence-electron chi connectivity index (χ4n) is 3.87. The molecule has 7 nitrogen and oxygen atoms in total. The van der Waals surface area contributed by atoms with E-state index < -0.39 is 0 Å². The Balaban J connectivity index is 1.35. The predicted molar refractivity (Wildman–Crippen MR) is 113 cm³/mol. The molecule has 150 valence electrons. The normalized spacial score (nSPS) is 17.7. The number of benzene rings is 2. The summed E-state index contributed by atoms with van der Waals surface area (Å²) in [4.78, 5) is 17.0. The number of hydrogen-bond donors (Lipinski definition) is 1.